The van der Waals surface area contributed by atoms with Crippen LogP contribution in [-0.4, -0.2) is 15.4 Å². The maximum absolute atomic E-state index is 12.8. The van der Waals surface area contributed by atoms with Crippen molar-refractivity contribution < 1.29 is 13.9 Å². The molecule has 2 aromatic heterocycles. The molecule has 0 bridgehead atoms. The van der Waals surface area contributed by atoms with Crippen LogP contribution in [0.1, 0.15) is 17.7 Å². The van der Waals surface area contributed by atoms with Gasteiger partial charge >= 0.3 is 5.97 Å². The van der Waals surface area contributed by atoms with Crippen LogP contribution < -0.4 is 5.56 Å². The minimum absolute atomic E-state index is 0.0654. The van der Waals surface area contributed by atoms with E-state index in [0.29, 0.717) is 17.8 Å². The number of ether oxygens (including phenoxy) is 1. The predicted molar refractivity (Wildman–Crippen MR) is 93.7 cm³/mol. The van der Waals surface area contributed by atoms with E-state index < -0.39 is 5.97 Å². The van der Waals surface area contributed by atoms with E-state index in [4.69, 9.17) is 4.74 Å². The van der Waals surface area contributed by atoms with Gasteiger partial charge in [0.15, 0.2) is 0 Å². The highest BCUT2D eigenvalue weighted by Gasteiger charge is 2.08. The van der Waals surface area contributed by atoms with Crippen LogP contribution in [0.25, 0.3) is 5.65 Å². The lowest BCUT2D eigenvalue weighted by atomic mass is 10.1. The summed E-state index contributed by atoms with van der Waals surface area (Å²) in [5.74, 6) is -0.714. The van der Waals surface area contributed by atoms with Crippen LogP contribution >= 0.6 is 15.9 Å². The van der Waals surface area contributed by atoms with Gasteiger partial charge in [-0.3, -0.25) is 14.0 Å². The number of carbonyl (C=O) groups excluding carboxylic acids is 1. The summed E-state index contributed by atoms with van der Waals surface area (Å²) in [6.45, 7) is -0.0654. The van der Waals surface area contributed by atoms with Crippen molar-refractivity contribution in [3.05, 3.63) is 80.6 Å². The molecule has 128 valence electrons. The van der Waals surface area contributed by atoms with E-state index >= 15 is 0 Å². The number of nitrogens with zero attached hydrogens (tertiary/aromatic N) is 2. The molecule has 0 atom stereocenters. The smallest absolute Gasteiger partial charge is 0.306 e. The van der Waals surface area contributed by atoms with Gasteiger partial charge in [0.1, 0.15) is 18.1 Å². The second-order valence-corrected chi connectivity index (χ2v) is 6.36. The van der Waals surface area contributed by atoms with Crippen LogP contribution in [0.3, 0.4) is 0 Å². The van der Waals surface area contributed by atoms with Gasteiger partial charge in [0.05, 0.1) is 5.69 Å². The molecule has 0 N–H and O–H groups in total. The number of benzene rings is 1. The van der Waals surface area contributed by atoms with E-state index in [1.165, 1.54) is 22.6 Å². The molecule has 0 spiro atoms. The van der Waals surface area contributed by atoms with E-state index in [1.807, 2.05) is 0 Å². The summed E-state index contributed by atoms with van der Waals surface area (Å²) < 4.78 is 20.2. The lowest BCUT2D eigenvalue weighted by molar-refractivity contribution is -0.145. The Morgan fingerprint density at radius 3 is 2.72 bits per heavy atom. The molecule has 0 aliphatic heterocycles. The largest absolute Gasteiger partial charge is 0.459 e. The quantitative estimate of drug-likeness (QED) is 0.612. The zero-order valence-electron chi connectivity index (χ0n) is 13.1. The number of rotatable bonds is 5. The number of aromatic nitrogens is 2. The fourth-order valence-electron chi connectivity index (χ4n) is 2.32. The third-order valence-electron chi connectivity index (χ3n) is 3.59. The maximum Gasteiger partial charge on any atom is 0.306 e. The Morgan fingerprint density at radius 2 is 1.96 bits per heavy atom. The number of esters is 1. The first-order valence-corrected chi connectivity index (χ1v) is 8.38. The summed E-state index contributed by atoms with van der Waals surface area (Å²) >= 11 is 3.30. The summed E-state index contributed by atoms with van der Waals surface area (Å²) in [4.78, 5) is 28.2. The van der Waals surface area contributed by atoms with Crippen LogP contribution in [-0.2, 0) is 22.6 Å². The molecule has 0 unspecified atom stereocenters. The minimum atomic E-state index is -0.401. The van der Waals surface area contributed by atoms with Crippen molar-refractivity contribution in [1.82, 2.24) is 9.38 Å². The molecule has 3 aromatic rings. The lowest BCUT2D eigenvalue weighted by Gasteiger charge is -2.06. The fourth-order valence-corrected chi connectivity index (χ4v) is 2.66. The standard InChI is InChI=1S/C18H14BrFN2O3/c19-13-4-7-16-21-15(9-17(23)22(16)10-13)11-25-18(24)8-3-12-1-5-14(20)6-2-12/h1-2,4-7,9-10H,3,8,11H2. The molecule has 5 nitrogen and oxygen atoms in total. The van der Waals surface area contributed by atoms with Crippen molar-refractivity contribution in [2.75, 3.05) is 0 Å². The van der Waals surface area contributed by atoms with E-state index in [2.05, 4.69) is 20.9 Å². The summed E-state index contributed by atoms with van der Waals surface area (Å²) in [6, 6.07) is 10.8. The maximum atomic E-state index is 12.8. The topological polar surface area (TPSA) is 60.7 Å². The number of fused-ring (bicyclic) bond motifs is 1. The van der Waals surface area contributed by atoms with Gasteiger partial charge in [0.2, 0.25) is 0 Å². The second-order valence-electron chi connectivity index (χ2n) is 5.45. The van der Waals surface area contributed by atoms with Gasteiger partial charge in [-0.15, -0.1) is 0 Å². The third kappa shape index (κ3) is 4.51. The molecule has 25 heavy (non-hydrogen) atoms. The first-order valence-electron chi connectivity index (χ1n) is 7.59. The number of carbonyl (C=O) groups is 1. The highest BCUT2D eigenvalue weighted by Crippen LogP contribution is 2.10. The molecule has 0 saturated heterocycles. The summed E-state index contributed by atoms with van der Waals surface area (Å²) in [5, 5.41) is 0. The average molecular weight is 405 g/mol. The number of halogens is 2. The monoisotopic (exact) mass is 404 g/mol. The molecule has 3 rings (SSSR count). The molecular weight excluding hydrogens is 391 g/mol. The third-order valence-corrected chi connectivity index (χ3v) is 4.06. The van der Waals surface area contributed by atoms with Gasteiger partial charge in [-0.25, -0.2) is 9.37 Å². The van der Waals surface area contributed by atoms with Crippen LogP contribution in [0, 0.1) is 5.82 Å². The molecule has 1 aromatic carbocycles. The number of pyridine rings is 1. The van der Waals surface area contributed by atoms with Crippen molar-refractivity contribution >= 4 is 27.5 Å². The van der Waals surface area contributed by atoms with Crippen molar-refractivity contribution in [3.8, 4) is 0 Å². The van der Waals surface area contributed by atoms with Crippen molar-refractivity contribution in [3.63, 3.8) is 0 Å². The van der Waals surface area contributed by atoms with Gasteiger partial charge in [0, 0.05) is 23.2 Å². The molecule has 0 saturated carbocycles. The van der Waals surface area contributed by atoms with Crippen LogP contribution in [0.4, 0.5) is 4.39 Å². The zero-order valence-corrected chi connectivity index (χ0v) is 14.7. The molecule has 0 fully saturated rings. The molecular formula is C18H14BrFN2O3. The molecule has 0 radical (unpaired) electrons. The summed E-state index contributed by atoms with van der Waals surface area (Å²) in [7, 11) is 0. The van der Waals surface area contributed by atoms with E-state index in [0.717, 1.165) is 10.0 Å². The number of aryl methyl sites for hydroxylation is 1. The van der Waals surface area contributed by atoms with Crippen molar-refractivity contribution in [2.24, 2.45) is 0 Å². The highest BCUT2D eigenvalue weighted by atomic mass is 79.9. The Hall–Kier alpha value is -2.54. The highest BCUT2D eigenvalue weighted by molar-refractivity contribution is 9.10. The van der Waals surface area contributed by atoms with Crippen molar-refractivity contribution in [2.45, 2.75) is 19.4 Å². The predicted octanol–water partition coefficient (Wildman–Crippen LogP) is 3.27. The van der Waals surface area contributed by atoms with Gasteiger partial charge in [-0.2, -0.15) is 0 Å². The number of hydrogen-bond donors (Lipinski definition) is 0. The van der Waals surface area contributed by atoms with Gasteiger partial charge in [0.25, 0.3) is 5.56 Å². The first-order chi connectivity index (χ1) is 12.0. The summed E-state index contributed by atoms with van der Waals surface area (Å²) in [5.41, 5.74) is 1.48. The Kier molecular flexibility index (Phi) is 5.23. The van der Waals surface area contributed by atoms with E-state index in [9.17, 15) is 14.0 Å². The Labute approximate surface area is 151 Å². The first kappa shape index (κ1) is 17.3. The Balaban J connectivity index is 1.60. The van der Waals surface area contributed by atoms with Gasteiger partial charge in [-0.1, -0.05) is 12.1 Å². The number of hydrogen-bond acceptors (Lipinski definition) is 4. The van der Waals surface area contributed by atoms with E-state index in [1.54, 1.807) is 30.5 Å². The second kappa shape index (κ2) is 7.57. The van der Waals surface area contributed by atoms with Crippen LogP contribution in [0.2, 0.25) is 0 Å². The van der Waals surface area contributed by atoms with E-state index in [-0.39, 0.29) is 24.4 Å². The molecule has 0 aliphatic rings. The average Bonchev–Trinajstić information content (AvgIpc) is 2.60. The normalized spacial score (nSPS) is 10.8. The Bertz CT molecular complexity index is 970. The molecule has 0 aliphatic carbocycles. The SMILES string of the molecule is O=C(CCc1ccc(F)cc1)OCc1cc(=O)n2cc(Br)ccc2n1. The van der Waals surface area contributed by atoms with Gasteiger partial charge < -0.3 is 4.74 Å². The molecule has 2 heterocycles. The van der Waals surface area contributed by atoms with Crippen LogP contribution in [0.15, 0.2) is 57.9 Å². The lowest BCUT2D eigenvalue weighted by Crippen LogP contribution is -2.16. The van der Waals surface area contributed by atoms with Crippen molar-refractivity contribution in [1.29, 1.82) is 0 Å². The summed E-state index contributed by atoms with van der Waals surface area (Å²) in [6.07, 6.45) is 2.26. The van der Waals surface area contributed by atoms with Gasteiger partial charge in [-0.05, 0) is 52.2 Å². The Morgan fingerprint density at radius 1 is 1.20 bits per heavy atom. The zero-order chi connectivity index (χ0) is 17.8. The fraction of sp³-hybridized carbons (Fsp3) is 0.167. The molecule has 0 amide bonds. The van der Waals surface area contributed by atoms with Crippen LogP contribution in [0.5, 0.6) is 0 Å². The molecule has 7 heteroatoms. The minimum Gasteiger partial charge on any atom is -0.459 e.